The maximum Gasteiger partial charge on any atom is 0.150 e. The van der Waals surface area contributed by atoms with E-state index in [9.17, 15) is 8.42 Å². The van der Waals surface area contributed by atoms with Crippen molar-refractivity contribution in [2.24, 2.45) is 11.7 Å². The van der Waals surface area contributed by atoms with E-state index >= 15 is 0 Å². The highest BCUT2D eigenvalue weighted by Crippen LogP contribution is 2.22. The fourth-order valence-electron chi connectivity index (χ4n) is 1.65. The summed E-state index contributed by atoms with van der Waals surface area (Å²) in [5.74, 6) is 0.705. The SMILES string of the molecule is COCCC(N)C1CCS(=O)(=O)C1. The Morgan fingerprint density at radius 1 is 1.62 bits per heavy atom. The zero-order valence-electron chi connectivity index (χ0n) is 7.90. The van der Waals surface area contributed by atoms with Crippen LogP contribution < -0.4 is 5.73 Å². The average molecular weight is 207 g/mol. The summed E-state index contributed by atoms with van der Waals surface area (Å²) in [7, 11) is -1.16. The highest BCUT2D eigenvalue weighted by atomic mass is 32.2. The Balaban J connectivity index is 2.37. The van der Waals surface area contributed by atoms with E-state index in [1.165, 1.54) is 0 Å². The molecule has 1 aliphatic rings. The first-order valence-corrected chi connectivity index (χ1v) is 6.32. The number of methoxy groups -OCH3 is 1. The van der Waals surface area contributed by atoms with E-state index in [-0.39, 0.29) is 17.7 Å². The van der Waals surface area contributed by atoms with Gasteiger partial charge in [0.05, 0.1) is 11.5 Å². The number of ether oxygens (including phenoxy) is 1. The van der Waals surface area contributed by atoms with Crippen LogP contribution in [-0.2, 0) is 14.6 Å². The molecule has 2 unspecified atom stereocenters. The minimum atomic E-state index is -2.79. The van der Waals surface area contributed by atoms with Gasteiger partial charge >= 0.3 is 0 Å². The Bertz CT molecular complexity index is 250. The van der Waals surface area contributed by atoms with E-state index in [1.807, 2.05) is 0 Å². The molecule has 0 amide bonds. The molecule has 0 saturated carbocycles. The van der Waals surface area contributed by atoms with Crippen LogP contribution in [0.15, 0.2) is 0 Å². The van der Waals surface area contributed by atoms with E-state index in [2.05, 4.69) is 0 Å². The van der Waals surface area contributed by atoms with Gasteiger partial charge in [-0.05, 0) is 18.8 Å². The van der Waals surface area contributed by atoms with Crippen molar-refractivity contribution in [1.29, 1.82) is 0 Å². The third-order valence-corrected chi connectivity index (χ3v) is 4.32. The maximum atomic E-state index is 11.1. The summed E-state index contributed by atoms with van der Waals surface area (Å²) in [4.78, 5) is 0. The first-order chi connectivity index (χ1) is 6.05. The van der Waals surface area contributed by atoms with Crippen LogP contribution in [-0.4, -0.2) is 39.7 Å². The summed E-state index contributed by atoms with van der Waals surface area (Å²) in [5.41, 5.74) is 5.84. The number of nitrogens with two attached hydrogens (primary N) is 1. The molecule has 0 aromatic heterocycles. The van der Waals surface area contributed by atoms with Crippen molar-refractivity contribution < 1.29 is 13.2 Å². The second-order valence-electron chi connectivity index (χ2n) is 3.61. The predicted molar refractivity (Wildman–Crippen MR) is 51.2 cm³/mol. The van der Waals surface area contributed by atoms with Crippen molar-refractivity contribution in [1.82, 2.24) is 0 Å². The van der Waals surface area contributed by atoms with Gasteiger partial charge in [-0.1, -0.05) is 0 Å². The fraction of sp³-hybridized carbons (Fsp3) is 1.00. The van der Waals surface area contributed by atoms with Crippen molar-refractivity contribution in [3.05, 3.63) is 0 Å². The van der Waals surface area contributed by atoms with Crippen LogP contribution in [0, 0.1) is 5.92 Å². The Labute approximate surface area is 79.4 Å². The second-order valence-corrected chi connectivity index (χ2v) is 5.84. The van der Waals surface area contributed by atoms with E-state index < -0.39 is 9.84 Å². The van der Waals surface area contributed by atoms with Gasteiger partial charge in [0.15, 0.2) is 9.84 Å². The summed E-state index contributed by atoms with van der Waals surface area (Å²) in [6, 6.07) is -0.0303. The Kier molecular flexibility index (Phi) is 3.70. The molecule has 1 rings (SSSR count). The van der Waals surface area contributed by atoms with Gasteiger partial charge in [-0.3, -0.25) is 0 Å². The lowest BCUT2D eigenvalue weighted by Gasteiger charge is -2.16. The monoisotopic (exact) mass is 207 g/mol. The van der Waals surface area contributed by atoms with E-state index in [4.69, 9.17) is 10.5 Å². The summed E-state index contributed by atoms with van der Waals surface area (Å²) in [6.07, 6.45) is 1.46. The molecule has 2 N–H and O–H groups in total. The highest BCUT2D eigenvalue weighted by Gasteiger charge is 2.31. The third kappa shape index (κ3) is 3.25. The molecule has 0 aromatic carbocycles. The molecule has 0 aliphatic carbocycles. The molecule has 0 bridgehead atoms. The Morgan fingerprint density at radius 3 is 2.77 bits per heavy atom. The number of hydrogen-bond acceptors (Lipinski definition) is 4. The van der Waals surface area contributed by atoms with E-state index in [0.717, 1.165) is 6.42 Å². The molecule has 1 aliphatic heterocycles. The standard InChI is InChI=1S/C8H17NO3S/c1-12-4-2-8(9)7-3-5-13(10,11)6-7/h7-8H,2-6,9H2,1H3. The lowest BCUT2D eigenvalue weighted by atomic mass is 9.98. The zero-order valence-corrected chi connectivity index (χ0v) is 8.72. The van der Waals surface area contributed by atoms with Gasteiger partial charge in [0.25, 0.3) is 0 Å². The molecule has 1 fully saturated rings. The molecule has 4 nitrogen and oxygen atoms in total. The summed E-state index contributed by atoms with van der Waals surface area (Å²) in [6.45, 7) is 0.609. The van der Waals surface area contributed by atoms with Gasteiger partial charge in [0.2, 0.25) is 0 Å². The lowest BCUT2D eigenvalue weighted by molar-refractivity contribution is 0.180. The van der Waals surface area contributed by atoms with Crippen LogP contribution in [0.3, 0.4) is 0 Å². The second kappa shape index (κ2) is 4.39. The fourth-order valence-corrected chi connectivity index (χ4v) is 3.55. The van der Waals surface area contributed by atoms with Gasteiger partial charge in [0, 0.05) is 19.8 Å². The molecule has 5 heteroatoms. The Morgan fingerprint density at radius 2 is 2.31 bits per heavy atom. The number of rotatable bonds is 4. The zero-order chi connectivity index (χ0) is 9.90. The largest absolute Gasteiger partial charge is 0.385 e. The molecular formula is C8H17NO3S. The molecule has 1 heterocycles. The van der Waals surface area contributed by atoms with Crippen molar-refractivity contribution >= 4 is 9.84 Å². The Hall–Kier alpha value is -0.130. The minimum Gasteiger partial charge on any atom is -0.385 e. The number of hydrogen-bond donors (Lipinski definition) is 1. The summed E-state index contributed by atoms with van der Waals surface area (Å²) >= 11 is 0. The summed E-state index contributed by atoms with van der Waals surface area (Å²) < 4.78 is 27.2. The van der Waals surface area contributed by atoms with Crippen LogP contribution in [0.25, 0.3) is 0 Å². The van der Waals surface area contributed by atoms with Crippen LogP contribution >= 0.6 is 0 Å². The van der Waals surface area contributed by atoms with Crippen LogP contribution in [0.2, 0.25) is 0 Å². The first kappa shape index (κ1) is 10.9. The number of sulfone groups is 1. The van der Waals surface area contributed by atoms with Crippen molar-refractivity contribution in [2.45, 2.75) is 18.9 Å². The van der Waals surface area contributed by atoms with Crippen molar-refractivity contribution in [3.63, 3.8) is 0 Å². The van der Waals surface area contributed by atoms with Crippen LogP contribution in [0.5, 0.6) is 0 Å². The van der Waals surface area contributed by atoms with Crippen molar-refractivity contribution in [2.75, 3.05) is 25.2 Å². The molecule has 2 atom stereocenters. The average Bonchev–Trinajstić information content (AvgIpc) is 2.42. The van der Waals surface area contributed by atoms with Gasteiger partial charge in [-0.15, -0.1) is 0 Å². The molecule has 78 valence electrons. The highest BCUT2D eigenvalue weighted by molar-refractivity contribution is 7.91. The molecule has 0 spiro atoms. The topological polar surface area (TPSA) is 69.4 Å². The third-order valence-electron chi connectivity index (χ3n) is 2.53. The van der Waals surface area contributed by atoms with Gasteiger partial charge < -0.3 is 10.5 Å². The lowest BCUT2D eigenvalue weighted by Crippen LogP contribution is -2.32. The predicted octanol–water partition coefficient (Wildman–Crippen LogP) is -0.215. The smallest absolute Gasteiger partial charge is 0.150 e. The quantitative estimate of drug-likeness (QED) is 0.692. The van der Waals surface area contributed by atoms with Crippen LogP contribution in [0.4, 0.5) is 0 Å². The summed E-state index contributed by atoms with van der Waals surface area (Å²) in [5, 5.41) is 0. The molecule has 0 aromatic rings. The minimum absolute atomic E-state index is 0.0303. The normalized spacial score (nSPS) is 28.9. The van der Waals surface area contributed by atoms with Crippen LogP contribution in [0.1, 0.15) is 12.8 Å². The molecule has 13 heavy (non-hydrogen) atoms. The van der Waals surface area contributed by atoms with E-state index in [1.54, 1.807) is 7.11 Å². The van der Waals surface area contributed by atoms with Gasteiger partial charge in [-0.2, -0.15) is 0 Å². The molecule has 1 saturated heterocycles. The first-order valence-electron chi connectivity index (χ1n) is 4.50. The van der Waals surface area contributed by atoms with E-state index in [0.29, 0.717) is 18.8 Å². The molecule has 0 radical (unpaired) electrons. The van der Waals surface area contributed by atoms with Gasteiger partial charge in [-0.25, -0.2) is 8.42 Å². The van der Waals surface area contributed by atoms with Crippen molar-refractivity contribution in [3.8, 4) is 0 Å². The van der Waals surface area contributed by atoms with Gasteiger partial charge in [0.1, 0.15) is 0 Å². The molecular weight excluding hydrogens is 190 g/mol. The maximum absolute atomic E-state index is 11.1.